The number of benzene rings is 3. The lowest BCUT2D eigenvalue weighted by molar-refractivity contribution is -0.136. The number of amides is 2. The molecular weight excluding hydrogens is 414 g/mol. The van der Waals surface area contributed by atoms with Gasteiger partial charge in [0.25, 0.3) is 0 Å². The Hall–Kier alpha value is -3.44. The van der Waals surface area contributed by atoms with Gasteiger partial charge >= 0.3 is 6.09 Å². The Bertz CT molecular complexity index is 1020. The van der Waals surface area contributed by atoms with Crippen LogP contribution >= 0.6 is 0 Å². The quantitative estimate of drug-likeness (QED) is 0.440. The van der Waals surface area contributed by atoms with Crippen LogP contribution in [0.3, 0.4) is 0 Å². The molecule has 1 saturated heterocycles. The van der Waals surface area contributed by atoms with Crippen LogP contribution in [-0.4, -0.2) is 36.2 Å². The van der Waals surface area contributed by atoms with E-state index in [0.717, 1.165) is 23.1 Å². The molecule has 0 radical (unpaired) electrons. The minimum absolute atomic E-state index is 0.218. The molecule has 0 saturated carbocycles. The third-order valence-electron chi connectivity index (χ3n) is 5.92. The highest BCUT2D eigenvalue weighted by atomic mass is 16.6. The zero-order valence-corrected chi connectivity index (χ0v) is 18.6. The Balaban J connectivity index is 1.45. The summed E-state index contributed by atoms with van der Waals surface area (Å²) < 4.78 is 11.2. The lowest BCUT2D eigenvalue weighted by Crippen LogP contribution is -2.44. The standard InChI is InChI=1S/C28H29NO4/c30-27(29-26(21-33-28(29)31)18-23-12-6-2-7-13-23)25(17-16-22-10-4-1-5-11-22)20-32-19-24-14-8-3-9-15-24/h1-15,25-26H,16-21H2. The van der Waals surface area contributed by atoms with Gasteiger partial charge in [-0.2, -0.15) is 0 Å². The first-order chi connectivity index (χ1) is 16.2. The van der Waals surface area contributed by atoms with Crippen LogP contribution in [0.2, 0.25) is 0 Å². The van der Waals surface area contributed by atoms with Crippen molar-refractivity contribution in [1.29, 1.82) is 0 Å². The second-order valence-electron chi connectivity index (χ2n) is 8.35. The largest absolute Gasteiger partial charge is 0.447 e. The van der Waals surface area contributed by atoms with Crippen LogP contribution in [0, 0.1) is 5.92 Å². The van der Waals surface area contributed by atoms with E-state index >= 15 is 0 Å². The van der Waals surface area contributed by atoms with Gasteiger partial charge in [0.05, 0.1) is 25.2 Å². The summed E-state index contributed by atoms with van der Waals surface area (Å²) in [6.45, 7) is 0.895. The summed E-state index contributed by atoms with van der Waals surface area (Å²) in [7, 11) is 0. The molecule has 1 heterocycles. The molecule has 2 atom stereocenters. The van der Waals surface area contributed by atoms with Gasteiger partial charge in [0.15, 0.2) is 0 Å². The summed E-state index contributed by atoms with van der Waals surface area (Å²) >= 11 is 0. The van der Waals surface area contributed by atoms with Crippen LogP contribution in [0.4, 0.5) is 4.79 Å². The van der Waals surface area contributed by atoms with E-state index in [2.05, 4.69) is 12.1 Å². The third-order valence-corrected chi connectivity index (χ3v) is 5.92. The van der Waals surface area contributed by atoms with Gasteiger partial charge in [0, 0.05) is 0 Å². The molecule has 5 nitrogen and oxygen atoms in total. The minimum Gasteiger partial charge on any atom is -0.447 e. The van der Waals surface area contributed by atoms with Crippen molar-refractivity contribution in [2.75, 3.05) is 13.2 Å². The number of hydrogen-bond donors (Lipinski definition) is 0. The number of cyclic esters (lactones) is 1. The summed E-state index contributed by atoms with van der Waals surface area (Å²) in [6.07, 6.45) is 1.35. The van der Waals surface area contributed by atoms with E-state index in [1.165, 1.54) is 4.90 Å². The molecular formula is C28H29NO4. The summed E-state index contributed by atoms with van der Waals surface area (Å²) in [5.41, 5.74) is 3.28. The Labute approximate surface area is 194 Å². The van der Waals surface area contributed by atoms with Crippen LogP contribution in [-0.2, 0) is 33.7 Å². The third kappa shape index (κ3) is 6.30. The SMILES string of the molecule is O=C1OCC(Cc2ccccc2)N1C(=O)C(CCc1ccccc1)COCc1ccccc1. The molecule has 0 aromatic heterocycles. The fourth-order valence-electron chi connectivity index (χ4n) is 4.12. The van der Waals surface area contributed by atoms with Gasteiger partial charge in [-0.1, -0.05) is 91.0 Å². The highest BCUT2D eigenvalue weighted by molar-refractivity contribution is 5.95. The Morgan fingerprint density at radius 1 is 0.879 bits per heavy atom. The molecule has 170 valence electrons. The van der Waals surface area contributed by atoms with Crippen LogP contribution < -0.4 is 0 Å². The molecule has 2 unspecified atom stereocenters. The number of imide groups is 1. The van der Waals surface area contributed by atoms with Crippen LogP contribution in [0.5, 0.6) is 0 Å². The van der Waals surface area contributed by atoms with Crippen molar-refractivity contribution in [2.45, 2.75) is 31.9 Å². The van der Waals surface area contributed by atoms with Crippen LogP contribution in [0.15, 0.2) is 91.0 Å². The van der Waals surface area contributed by atoms with Gasteiger partial charge < -0.3 is 9.47 Å². The first-order valence-corrected chi connectivity index (χ1v) is 11.4. The number of hydrogen-bond acceptors (Lipinski definition) is 4. The Kier molecular flexibility index (Phi) is 7.88. The van der Waals surface area contributed by atoms with Gasteiger partial charge in [-0.15, -0.1) is 0 Å². The van der Waals surface area contributed by atoms with Gasteiger partial charge in [0.1, 0.15) is 6.61 Å². The molecule has 2 amide bonds. The lowest BCUT2D eigenvalue weighted by atomic mass is 9.97. The molecule has 1 aliphatic rings. The van der Waals surface area contributed by atoms with E-state index < -0.39 is 12.0 Å². The normalized spacial score (nSPS) is 16.4. The second-order valence-corrected chi connectivity index (χ2v) is 8.35. The van der Waals surface area contributed by atoms with E-state index in [0.29, 0.717) is 19.4 Å². The smallest absolute Gasteiger partial charge is 0.416 e. The van der Waals surface area contributed by atoms with Crippen LogP contribution in [0.1, 0.15) is 23.1 Å². The average molecular weight is 444 g/mol. The topological polar surface area (TPSA) is 55.8 Å². The molecule has 3 aromatic carbocycles. The Morgan fingerprint density at radius 2 is 1.45 bits per heavy atom. The molecule has 3 aromatic rings. The van der Waals surface area contributed by atoms with E-state index in [4.69, 9.17) is 9.47 Å². The fourth-order valence-corrected chi connectivity index (χ4v) is 4.12. The number of carbonyl (C=O) groups is 2. The van der Waals surface area contributed by atoms with Crippen molar-refractivity contribution >= 4 is 12.0 Å². The highest BCUT2D eigenvalue weighted by Crippen LogP contribution is 2.23. The van der Waals surface area contributed by atoms with Crippen molar-refractivity contribution in [3.63, 3.8) is 0 Å². The zero-order valence-electron chi connectivity index (χ0n) is 18.6. The van der Waals surface area contributed by atoms with Crippen molar-refractivity contribution in [3.8, 4) is 0 Å². The van der Waals surface area contributed by atoms with Gasteiger partial charge in [-0.25, -0.2) is 9.69 Å². The van der Waals surface area contributed by atoms with Gasteiger partial charge in [-0.05, 0) is 36.0 Å². The maximum atomic E-state index is 13.6. The summed E-state index contributed by atoms with van der Waals surface area (Å²) in [6, 6.07) is 29.5. The predicted octanol–water partition coefficient (Wildman–Crippen LogP) is 5.04. The van der Waals surface area contributed by atoms with Gasteiger partial charge in [-0.3, -0.25) is 4.79 Å². The van der Waals surface area contributed by atoms with Crippen molar-refractivity contribution < 1.29 is 19.1 Å². The van der Waals surface area contributed by atoms with Crippen molar-refractivity contribution in [2.24, 2.45) is 5.92 Å². The molecule has 1 aliphatic heterocycles. The number of rotatable bonds is 10. The van der Waals surface area contributed by atoms with E-state index in [1.807, 2.05) is 78.9 Å². The predicted molar refractivity (Wildman–Crippen MR) is 126 cm³/mol. The van der Waals surface area contributed by atoms with Crippen molar-refractivity contribution in [1.82, 2.24) is 4.90 Å². The summed E-state index contributed by atoms with van der Waals surface area (Å²) in [5, 5.41) is 0. The summed E-state index contributed by atoms with van der Waals surface area (Å²) in [4.78, 5) is 27.4. The molecule has 4 rings (SSSR count). The van der Waals surface area contributed by atoms with E-state index in [9.17, 15) is 9.59 Å². The zero-order chi connectivity index (χ0) is 22.9. The molecule has 5 heteroatoms. The van der Waals surface area contributed by atoms with Crippen LogP contribution in [0.25, 0.3) is 0 Å². The minimum atomic E-state index is -0.561. The number of aryl methyl sites for hydroxylation is 1. The summed E-state index contributed by atoms with van der Waals surface area (Å²) in [5.74, 6) is -0.653. The monoisotopic (exact) mass is 443 g/mol. The Morgan fingerprint density at radius 3 is 2.09 bits per heavy atom. The highest BCUT2D eigenvalue weighted by Gasteiger charge is 2.40. The molecule has 0 N–H and O–H groups in total. The fraction of sp³-hybridized carbons (Fsp3) is 0.286. The van der Waals surface area contributed by atoms with Crippen molar-refractivity contribution in [3.05, 3.63) is 108 Å². The first kappa shape index (κ1) is 22.7. The number of carbonyl (C=O) groups excluding carboxylic acids is 2. The second kappa shape index (κ2) is 11.4. The number of ether oxygens (including phenoxy) is 2. The molecule has 0 aliphatic carbocycles. The van der Waals surface area contributed by atoms with Gasteiger partial charge in [0.2, 0.25) is 5.91 Å². The molecule has 0 spiro atoms. The molecule has 0 bridgehead atoms. The first-order valence-electron chi connectivity index (χ1n) is 11.4. The van der Waals surface area contributed by atoms with E-state index in [1.54, 1.807) is 0 Å². The average Bonchev–Trinajstić information content (AvgIpc) is 3.22. The maximum absolute atomic E-state index is 13.6. The lowest BCUT2D eigenvalue weighted by Gasteiger charge is -2.25. The van der Waals surface area contributed by atoms with E-state index in [-0.39, 0.29) is 25.2 Å². The molecule has 1 fully saturated rings. The maximum Gasteiger partial charge on any atom is 0.416 e. The molecule has 33 heavy (non-hydrogen) atoms. The number of nitrogens with zero attached hydrogens (tertiary/aromatic N) is 1.